The van der Waals surface area contributed by atoms with Crippen molar-refractivity contribution < 1.29 is 9.90 Å². The van der Waals surface area contributed by atoms with Crippen LogP contribution in [0.2, 0.25) is 0 Å². The minimum absolute atomic E-state index is 0.167. The second-order valence-corrected chi connectivity index (χ2v) is 2.94. The van der Waals surface area contributed by atoms with Crippen LogP contribution < -0.4 is 0 Å². The zero-order chi connectivity index (χ0) is 10.8. The van der Waals surface area contributed by atoms with Crippen molar-refractivity contribution in [2.24, 2.45) is 0 Å². The van der Waals surface area contributed by atoms with E-state index in [9.17, 15) is 4.79 Å². The smallest absolute Gasteiger partial charge is 0.339 e. The van der Waals surface area contributed by atoms with E-state index >= 15 is 0 Å². The molecule has 0 radical (unpaired) electrons. The Morgan fingerprint density at radius 1 is 1.53 bits per heavy atom. The molecule has 0 saturated carbocycles. The predicted octanol–water partition coefficient (Wildman–Crippen LogP) is 0.669. The number of hydrogen-bond donors (Lipinski definition) is 1. The molecule has 0 aromatic carbocycles. The van der Waals surface area contributed by atoms with Gasteiger partial charge in [-0.05, 0) is 19.1 Å². The molecule has 1 N–H and O–H groups in total. The number of nitrogens with zero attached hydrogens (tertiary/aromatic N) is 4. The molecule has 2 rings (SSSR count). The summed E-state index contributed by atoms with van der Waals surface area (Å²) in [5.41, 5.74) is 0.698. The number of carbonyl (C=O) groups is 1. The monoisotopic (exact) mass is 204 g/mol. The first-order valence-corrected chi connectivity index (χ1v) is 4.26. The zero-order valence-corrected chi connectivity index (χ0v) is 7.95. The van der Waals surface area contributed by atoms with Gasteiger partial charge in [0.2, 0.25) is 0 Å². The fourth-order valence-corrected chi connectivity index (χ4v) is 1.26. The Bertz CT molecular complexity index is 492. The summed E-state index contributed by atoms with van der Waals surface area (Å²) in [5, 5.41) is 20.3. The average Bonchev–Trinajstić information content (AvgIpc) is 2.61. The highest BCUT2D eigenvalue weighted by Crippen LogP contribution is 2.10. The second kappa shape index (κ2) is 3.49. The first-order valence-electron chi connectivity index (χ1n) is 4.26. The van der Waals surface area contributed by atoms with Crippen molar-refractivity contribution in [3.8, 4) is 5.82 Å². The number of hydrogen-bond acceptors (Lipinski definition) is 4. The molecule has 0 bridgehead atoms. The molecule has 0 aliphatic rings. The fraction of sp³-hybridized carbons (Fsp3) is 0.111. The quantitative estimate of drug-likeness (QED) is 0.777. The molecule has 15 heavy (non-hydrogen) atoms. The SMILES string of the molecule is Cc1c(C(=O)O)cnn1-c1cccnn1. The Morgan fingerprint density at radius 2 is 2.33 bits per heavy atom. The van der Waals surface area contributed by atoms with Gasteiger partial charge < -0.3 is 5.11 Å². The van der Waals surface area contributed by atoms with Gasteiger partial charge in [-0.2, -0.15) is 10.2 Å². The number of aromatic nitrogens is 4. The maximum Gasteiger partial charge on any atom is 0.339 e. The highest BCUT2D eigenvalue weighted by atomic mass is 16.4. The summed E-state index contributed by atoms with van der Waals surface area (Å²) >= 11 is 0. The molecule has 0 unspecified atom stereocenters. The van der Waals surface area contributed by atoms with Crippen molar-refractivity contribution in [3.05, 3.63) is 35.8 Å². The Balaban J connectivity index is 2.52. The van der Waals surface area contributed by atoms with Crippen LogP contribution in [0.3, 0.4) is 0 Å². The van der Waals surface area contributed by atoms with Gasteiger partial charge in [0.05, 0.1) is 11.9 Å². The Kier molecular flexibility index (Phi) is 2.17. The van der Waals surface area contributed by atoms with Crippen LogP contribution in [-0.4, -0.2) is 31.1 Å². The molecule has 6 heteroatoms. The zero-order valence-electron chi connectivity index (χ0n) is 7.95. The van der Waals surface area contributed by atoms with Gasteiger partial charge in [0, 0.05) is 6.20 Å². The largest absolute Gasteiger partial charge is 0.478 e. The summed E-state index contributed by atoms with van der Waals surface area (Å²) in [6.07, 6.45) is 2.84. The van der Waals surface area contributed by atoms with Crippen molar-refractivity contribution in [2.75, 3.05) is 0 Å². The topological polar surface area (TPSA) is 80.9 Å². The van der Waals surface area contributed by atoms with E-state index in [4.69, 9.17) is 5.11 Å². The highest BCUT2D eigenvalue weighted by Gasteiger charge is 2.13. The third kappa shape index (κ3) is 1.56. The lowest BCUT2D eigenvalue weighted by molar-refractivity contribution is 0.0696. The molecular weight excluding hydrogens is 196 g/mol. The molecule has 6 nitrogen and oxygen atoms in total. The van der Waals surface area contributed by atoms with E-state index in [0.717, 1.165) is 0 Å². The molecule has 0 aliphatic carbocycles. The van der Waals surface area contributed by atoms with Crippen LogP contribution in [0.15, 0.2) is 24.5 Å². The Labute approximate surface area is 85.2 Å². The summed E-state index contributed by atoms with van der Waals surface area (Å²) in [7, 11) is 0. The lowest BCUT2D eigenvalue weighted by Crippen LogP contribution is -2.04. The molecule has 0 fully saturated rings. The van der Waals surface area contributed by atoms with Crippen LogP contribution in [0, 0.1) is 6.92 Å². The summed E-state index contributed by atoms with van der Waals surface area (Å²) < 4.78 is 1.44. The van der Waals surface area contributed by atoms with Crippen LogP contribution >= 0.6 is 0 Å². The molecule has 0 spiro atoms. The number of carboxylic acid groups (broad SMARTS) is 1. The molecule has 2 heterocycles. The molecular formula is C9H8N4O2. The van der Waals surface area contributed by atoms with Gasteiger partial charge in [-0.1, -0.05) is 0 Å². The normalized spacial score (nSPS) is 10.2. The molecule has 76 valence electrons. The van der Waals surface area contributed by atoms with Crippen molar-refractivity contribution >= 4 is 5.97 Å². The van der Waals surface area contributed by atoms with Crippen LogP contribution in [0.25, 0.3) is 5.82 Å². The third-order valence-electron chi connectivity index (χ3n) is 2.02. The van der Waals surface area contributed by atoms with E-state index in [2.05, 4.69) is 15.3 Å². The Hall–Kier alpha value is -2.24. The van der Waals surface area contributed by atoms with Crippen molar-refractivity contribution in [1.29, 1.82) is 0 Å². The fourth-order valence-electron chi connectivity index (χ4n) is 1.26. The Morgan fingerprint density at radius 3 is 2.87 bits per heavy atom. The minimum Gasteiger partial charge on any atom is -0.478 e. The van der Waals surface area contributed by atoms with Crippen molar-refractivity contribution in [1.82, 2.24) is 20.0 Å². The summed E-state index contributed by atoms with van der Waals surface area (Å²) in [6, 6.07) is 3.42. The minimum atomic E-state index is -0.998. The van der Waals surface area contributed by atoms with Crippen LogP contribution in [0.4, 0.5) is 0 Å². The lowest BCUT2D eigenvalue weighted by Gasteiger charge is -2.01. The standard InChI is InChI=1S/C9H8N4O2/c1-6-7(9(14)15)5-11-13(6)8-3-2-4-10-12-8/h2-5H,1H3,(H,14,15). The van der Waals surface area contributed by atoms with E-state index in [1.54, 1.807) is 25.3 Å². The van der Waals surface area contributed by atoms with E-state index in [0.29, 0.717) is 11.5 Å². The van der Waals surface area contributed by atoms with Crippen molar-refractivity contribution in [2.45, 2.75) is 6.92 Å². The van der Waals surface area contributed by atoms with E-state index < -0.39 is 5.97 Å². The van der Waals surface area contributed by atoms with Gasteiger partial charge >= 0.3 is 5.97 Å². The van der Waals surface area contributed by atoms with E-state index in [1.165, 1.54) is 10.9 Å². The molecule has 0 atom stereocenters. The number of carboxylic acids is 1. The van der Waals surface area contributed by atoms with Crippen LogP contribution in [0.5, 0.6) is 0 Å². The highest BCUT2D eigenvalue weighted by molar-refractivity contribution is 5.88. The second-order valence-electron chi connectivity index (χ2n) is 2.94. The molecule has 0 saturated heterocycles. The molecule has 2 aromatic heterocycles. The predicted molar refractivity (Wildman–Crippen MR) is 50.9 cm³/mol. The maximum atomic E-state index is 10.8. The lowest BCUT2D eigenvalue weighted by atomic mass is 10.3. The molecule has 2 aromatic rings. The van der Waals surface area contributed by atoms with Crippen molar-refractivity contribution in [3.63, 3.8) is 0 Å². The average molecular weight is 204 g/mol. The molecule has 0 aliphatic heterocycles. The van der Waals surface area contributed by atoms with Gasteiger partial charge in [0.15, 0.2) is 5.82 Å². The number of aromatic carboxylic acids is 1. The summed E-state index contributed by atoms with van der Waals surface area (Å²) in [4.78, 5) is 10.8. The van der Waals surface area contributed by atoms with Gasteiger partial charge in [0.25, 0.3) is 0 Å². The first-order chi connectivity index (χ1) is 7.20. The third-order valence-corrected chi connectivity index (χ3v) is 2.02. The van der Waals surface area contributed by atoms with Crippen LogP contribution in [-0.2, 0) is 0 Å². The van der Waals surface area contributed by atoms with E-state index in [1.807, 2.05) is 0 Å². The van der Waals surface area contributed by atoms with E-state index in [-0.39, 0.29) is 5.56 Å². The number of rotatable bonds is 2. The van der Waals surface area contributed by atoms with Gasteiger partial charge in [0.1, 0.15) is 5.56 Å². The molecule has 0 amide bonds. The van der Waals surface area contributed by atoms with Crippen LogP contribution in [0.1, 0.15) is 16.1 Å². The van der Waals surface area contributed by atoms with Gasteiger partial charge in [-0.25, -0.2) is 9.48 Å². The maximum absolute atomic E-state index is 10.8. The summed E-state index contributed by atoms with van der Waals surface area (Å²) in [5.74, 6) is -0.495. The van der Waals surface area contributed by atoms with Gasteiger partial charge in [-0.3, -0.25) is 0 Å². The first kappa shape index (κ1) is 9.32. The van der Waals surface area contributed by atoms with Gasteiger partial charge in [-0.15, -0.1) is 5.10 Å². The summed E-state index contributed by atoms with van der Waals surface area (Å²) in [6.45, 7) is 1.67.